The fourth-order valence-electron chi connectivity index (χ4n) is 3.34. The number of benzene rings is 1. The largest absolute Gasteiger partial charge is 0.395 e. The minimum atomic E-state index is 0.295. The van der Waals surface area contributed by atoms with Crippen LogP contribution in [0.5, 0.6) is 0 Å². The Balaban J connectivity index is 1.53. The molecule has 1 aromatic rings. The van der Waals surface area contributed by atoms with Gasteiger partial charge in [-0.05, 0) is 37.3 Å². The highest BCUT2D eigenvalue weighted by Gasteiger charge is 2.32. The maximum absolute atomic E-state index is 9.04. The molecule has 3 nitrogen and oxygen atoms in total. The molecule has 0 spiro atoms. The highest BCUT2D eigenvalue weighted by Crippen LogP contribution is 2.30. The first-order chi connectivity index (χ1) is 9.85. The Hall–Kier alpha value is -0.900. The van der Waals surface area contributed by atoms with Crippen molar-refractivity contribution < 1.29 is 5.11 Å². The van der Waals surface area contributed by atoms with Crippen LogP contribution in [0.15, 0.2) is 30.3 Å². The Labute approximate surface area is 122 Å². The molecule has 1 aliphatic heterocycles. The molecule has 110 valence electrons. The van der Waals surface area contributed by atoms with E-state index in [0.29, 0.717) is 6.61 Å². The molecule has 2 aliphatic rings. The second kappa shape index (κ2) is 6.70. The lowest BCUT2D eigenvalue weighted by Gasteiger charge is -2.25. The minimum absolute atomic E-state index is 0.295. The third-order valence-electron chi connectivity index (χ3n) is 4.57. The van der Waals surface area contributed by atoms with Gasteiger partial charge in [0.2, 0.25) is 0 Å². The molecule has 1 heterocycles. The third-order valence-corrected chi connectivity index (χ3v) is 4.57. The summed E-state index contributed by atoms with van der Waals surface area (Å²) in [6.07, 6.45) is 4.04. The average Bonchev–Trinajstić information content (AvgIpc) is 3.22. The van der Waals surface area contributed by atoms with Gasteiger partial charge in [0.15, 0.2) is 0 Å². The number of aliphatic hydroxyl groups is 1. The van der Waals surface area contributed by atoms with Crippen molar-refractivity contribution >= 4 is 0 Å². The Morgan fingerprint density at radius 3 is 2.65 bits per heavy atom. The molecule has 1 aliphatic carbocycles. The molecule has 1 saturated carbocycles. The van der Waals surface area contributed by atoms with Crippen molar-refractivity contribution in [3.05, 3.63) is 35.9 Å². The number of nitrogens with zero attached hydrogens (tertiary/aromatic N) is 2. The zero-order valence-electron chi connectivity index (χ0n) is 12.2. The Bertz CT molecular complexity index is 405. The normalized spacial score (nSPS) is 23.6. The van der Waals surface area contributed by atoms with Gasteiger partial charge in [0.25, 0.3) is 0 Å². The summed E-state index contributed by atoms with van der Waals surface area (Å²) < 4.78 is 0. The molecule has 0 bridgehead atoms. The number of hydrogen-bond donors (Lipinski definition) is 1. The number of likely N-dealkylation sites (tertiary alicyclic amines) is 1. The zero-order valence-corrected chi connectivity index (χ0v) is 12.2. The van der Waals surface area contributed by atoms with Crippen LogP contribution in [0.3, 0.4) is 0 Å². The summed E-state index contributed by atoms with van der Waals surface area (Å²) in [6.45, 7) is 5.79. The fraction of sp³-hybridized carbons (Fsp3) is 0.647. The number of β-amino-alcohol motifs (C(OH)–C–C–N with tert-alkyl or cyclic N) is 1. The summed E-state index contributed by atoms with van der Waals surface area (Å²) in [6, 6.07) is 11.7. The van der Waals surface area contributed by atoms with Crippen LogP contribution in [0.4, 0.5) is 0 Å². The molecule has 0 amide bonds. The van der Waals surface area contributed by atoms with E-state index < -0.39 is 0 Å². The SMILES string of the molecule is OCCN1CC[C@@H](CN(Cc2ccccc2)C2CC2)C1. The molecule has 3 rings (SSSR count). The van der Waals surface area contributed by atoms with Gasteiger partial charge in [-0.3, -0.25) is 4.90 Å². The number of hydrogen-bond acceptors (Lipinski definition) is 3. The molecule has 1 saturated heterocycles. The van der Waals surface area contributed by atoms with Crippen molar-refractivity contribution in [3.63, 3.8) is 0 Å². The van der Waals surface area contributed by atoms with E-state index in [2.05, 4.69) is 40.1 Å². The van der Waals surface area contributed by atoms with E-state index >= 15 is 0 Å². The van der Waals surface area contributed by atoms with Gasteiger partial charge in [0.05, 0.1) is 6.61 Å². The fourth-order valence-corrected chi connectivity index (χ4v) is 3.34. The lowest BCUT2D eigenvalue weighted by molar-refractivity contribution is 0.194. The van der Waals surface area contributed by atoms with Crippen LogP contribution in [0.1, 0.15) is 24.8 Å². The van der Waals surface area contributed by atoms with Crippen LogP contribution in [0.2, 0.25) is 0 Å². The highest BCUT2D eigenvalue weighted by atomic mass is 16.3. The van der Waals surface area contributed by atoms with E-state index in [0.717, 1.165) is 31.6 Å². The monoisotopic (exact) mass is 274 g/mol. The predicted molar refractivity (Wildman–Crippen MR) is 81.5 cm³/mol. The van der Waals surface area contributed by atoms with Gasteiger partial charge in [0, 0.05) is 32.2 Å². The quantitative estimate of drug-likeness (QED) is 0.823. The lowest BCUT2D eigenvalue weighted by atomic mass is 10.1. The van der Waals surface area contributed by atoms with E-state index in [4.69, 9.17) is 5.11 Å². The summed E-state index contributed by atoms with van der Waals surface area (Å²) in [5.41, 5.74) is 1.43. The molecule has 0 unspecified atom stereocenters. The second-order valence-electron chi connectivity index (χ2n) is 6.33. The second-order valence-corrected chi connectivity index (χ2v) is 6.33. The standard InChI is InChI=1S/C17H26N2O/c20-11-10-18-9-8-16(12-18)14-19(17-6-7-17)13-15-4-2-1-3-5-15/h1-5,16-17,20H,6-14H2/t16-/m1/s1. The summed E-state index contributed by atoms with van der Waals surface area (Å²) >= 11 is 0. The lowest BCUT2D eigenvalue weighted by Crippen LogP contribution is -2.33. The molecular formula is C17H26N2O. The Morgan fingerprint density at radius 1 is 1.15 bits per heavy atom. The van der Waals surface area contributed by atoms with Crippen LogP contribution in [0.25, 0.3) is 0 Å². The molecule has 1 aromatic carbocycles. The predicted octanol–water partition coefficient (Wildman–Crippen LogP) is 1.97. The summed E-state index contributed by atoms with van der Waals surface area (Å²) in [7, 11) is 0. The zero-order chi connectivity index (χ0) is 13.8. The van der Waals surface area contributed by atoms with Gasteiger partial charge in [-0.1, -0.05) is 30.3 Å². The third kappa shape index (κ3) is 3.81. The minimum Gasteiger partial charge on any atom is -0.395 e. The first kappa shape index (κ1) is 14.1. The van der Waals surface area contributed by atoms with Crippen molar-refractivity contribution in [2.75, 3.05) is 32.8 Å². The van der Waals surface area contributed by atoms with E-state index in [1.165, 1.54) is 37.9 Å². The van der Waals surface area contributed by atoms with E-state index in [9.17, 15) is 0 Å². The summed E-state index contributed by atoms with van der Waals surface area (Å²) in [5, 5.41) is 9.04. The van der Waals surface area contributed by atoms with Gasteiger partial charge < -0.3 is 10.0 Å². The summed E-state index contributed by atoms with van der Waals surface area (Å²) in [5.74, 6) is 0.783. The topological polar surface area (TPSA) is 26.7 Å². The first-order valence-electron chi connectivity index (χ1n) is 7.96. The van der Waals surface area contributed by atoms with Gasteiger partial charge >= 0.3 is 0 Å². The van der Waals surface area contributed by atoms with Crippen molar-refractivity contribution in [1.82, 2.24) is 9.80 Å². The molecule has 0 radical (unpaired) electrons. The Morgan fingerprint density at radius 2 is 1.95 bits per heavy atom. The van der Waals surface area contributed by atoms with Gasteiger partial charge in [-0.2, -0.15) is 0 Å². The van der Waals surface area contributed by atoms with Crippen molar-refractivity contribution in [1.29, 1.82) is 0 Å². The Kier molecular flexibility index (Phi) is 4.71. The van der Waals surface area contributed by atoms with Crippen molar-refractivity contribution in [2.45, 2.75) is 31.8 Å². The van der Waals surface area contributed by atoms with Crippen molar-refractivity contribution in [2.24, 2.45) is 5.92 Å². The molecule has 3 heteroatoms. The smallest absolute Gasteiger partial charge is 0.0558 e. The van der Waals surface area contributed by atoms with Crippen molar-refractivity contribution in [3.8, 4) is 0 Å². The van der Waals surface area contributed by atoms with E-state index in [-0.39, 0.29) is 0 Å². The molecule has 1 N–H and O–H groups in total. The summed E-state index contributed by atoms with van der Waals surface area (Å²) in [4.78, 5) is 5.08. The molecule has 1 atom stereocenters. The maximum atomic E-state index is 9.04. The number of aliphatic hydroxyl groups excluding tert-OH is 1. The van der Waals surface area contributed by atoms with Crippen LogP contribution in [-0.4, -0.2) is 53.7 Å². The maximum Gasteiger partial charge on any atom is 0.0558 e. The number of rotatable bonds is 7. The molecule has 20 heavy (non-hydrogen) atoms. The van der Waals surface area contributed by atoms with Gasteiger partial charge in [0.1, 0.15) is 0 Å². The van der Waals surface area contributed by atoms with Crippen LogP contribution in [-0.2, 0) is 6.54 Å². The van der Waals surface area contributed by atoms with Gasteiger partial charge in [-0.25, -0.2) is 0 Å². The first-order valence-corrected chi connectivity index (χ1v) is 7.96. The molecule has 0 aromatic heterocycles. The van der Waals surface area contributed by atoms with Gasteiger partial charge in [-0.15, -0.1) is 0 Å². The molecule has 2 fully saturated rings. The molecular weight excluding hydrogens is 248 g/mol. The van der Waals surface area contributed by atoms with Crippen LogP contribution < -0.4 is 0 Å². The van der Waals surface area contributed by atoms with Crippen LogP contribution >= 0.6 is 0 Å². The van der Waals surface area contributed by atoms with Crippen LogP contribution in [0, 0.1) is 5.92 Å². The highest BCUT2D eigenvalue weighted by molar-refractivity contribution is 5.15. The average molecular weight is 274 g/mol. The van der Waals surface area contributed by atoms with E-state index in [1.807, 2.05) is 0 Å². The van der Waals surface area contributed by atoms with E-state index in [1.54, 1.807) is 0 Å².